The van der Waals surface area contributed by atoms with E-state index in [9.17, 15) is 8.42 Å². The third-order valence-electron chi connectivity index (χ3n) is 1.05. The van der Waals surface area contributed by atoms with Crippen molar-refractivity contribution in [2.24, 2.45) is 0 Å². The molecule has 4 nitrogen and oxygen atoms in total. The Morgan fingerprint density at radius 1 is 1.45 bits per heavy atom. The zero-order valence-electron chi connectivity index (χ0n) is 5.39. The van der Waals surface area contributed by atoms with Gasteiger partial charge in [-0.05, 0) is 12.1 Å². The van der Waals surface area contributed by atoms with Crippen LogP contribution in [0.2, 0.25) is 0 Å². The molecule has 0 radical (unpaired) electrons. The first-order chi connectivity index (χ1) is 5.04. The molecule has 62 valence electrons. The summed E-state index contributed by atoms with van der Waals surface area (Å²) in [5, 5.41) is 8.55. The molecule has 1 heterocycles. The van der Waals surface area contributed by atoms with Crippen LogP contribution in [-0.2, 0) is 16.7 Å². The van der Waals surface area contributed by atoms with E-state index in [0.29, 0.717) is 4.88 Å². The monoisotopic (exact) mass is 194 g/mol. The van der Waals surface area contributed by atoms with Crippen LogP contribution in [0.3, 0.4) is 0 Å². The number of thiophene rings is 1. The summed E-state index contributed by atoms with van der Waals surface area (Å²) in [6, 6.07) is 2.71. The van der Waals surface area contributed by atoms with Gasteiger partial charge in [-0.25, -0.2) is 0 Å². The second-order valence-corrected chi connectivity index (χ2v) is 4.67. The quantitative estimate of drug-likeness (QED) is 0.672. The average Bonchev–Trinajstić information content (AvgIpc) is 2.32. The van der Waals surface area contributed by atoms with E-state index in [4.69, 9.17) is 9.66 Å². The van der Waals surface area contributed by atoms with Crippen molar-refractivity contribution in [1.29, 1.82) is 0 Å². The predicted octanol–water partition coefficient (Wildman–Crippen LogP) is 0.487. The standard InChI is InChI=1S/C5H6O4S2/c6-3-4-1-2-5(10-4)11(7,8)9/h1-2,6H,3H2,(H,7,8,9). The van der Waals surface area contributed by atoms with Crippen molar-refractivity contribution in [2.45, 2.75) is 10.8 Å². The molecule has 0 aliphatic carbocycles. The third kappa shape index (κ3) is 2.00. The molecule has 0 aliphatic heterocycles. The van der Waals surface area contributed by atoms with Gasteiger partial charge in [-0.1, -0.05) is 0 Å². The van der Waals surface area contributed by atoms with Gasteiger partial charge in [0.25, 0.3) is 0 Å². The maximum absolute atomic E-state index is 10.4. The summed E-state index contributed by atoms with van der Waals surface area (Å²) in [6.07, 6.45) is 0. The molecule has 0 aliphatic rings. The van der Waals surface area contributed by atoms with E-state index in [1.54, 1.807) is 0 Å². The topological polar surface area (TPSA) is 74.6 Å². The summed E-state index contributed by atoms with van der Waals surface area (Å²) in [6.45, 7) is -0.208. The molecule has 11 heavy (non-hydrogen) atoms. The Labute approximate surface area is 67.9 Å². The van der Waals surface area contributed by atoms with Crippen molar-refractivity contribution in [3.8, 4) is 0 Å². The van der Waals surface area contributed by atoms with E-state index in [2.05, 4.69) is 0 Å². The molecular formula is C5H6O4S2. The van der Waals surface area contributed by atoms with Crippen LogP contribution in [0.5, 0.6) is 0 Å². The number of hydrogen-bond donors (Lipinski definition) is 2. The summed E-state index contributed by atoms with van der Waals surface area (Å²) in [5.74, 6) is 0. The first-order valence-electron chi connectivity index (χ1n) is 2.71. The van der Waals surface area contributed by atoms with Gasteiger partial charge in [-0.2, -0.15) is 8.42 Å². The van der Waals surface area contributed by atoms with Crippen molar-refractivity contribution in [2.75, 3.05) is 0 Å². The van der Waals surface area contributed by atoms with Gasteiger partial charge in [0.2, 0.25) is 0 Å². The Kier molecular flexibility index (Phi) is 2.28. The van der Waals surface area contributed by atoms with Crippen LogP contribution in [-0.4, -0.2) is 18.1 Å². The maximum Gasteiger partial charge on any atom is 0.304 e. The number of aliphatic hydroxyl groups is 1. The molecule has 1 aromatic rings. The van der Waals surface area contributed by atoms with Gasteiger partial charge in [-0.3, -0.25) is 4.55 Å². The summed E-state index contributed by atoms with van der Waals surface area (Å²) >= 11 is 0.852. The van der Waals surface area contributed by atoms with Gasteiger partial charge >= 0.3 is 10.1 Å². The Hall–Kier alpha value is -0.430. The van der Waals surface area contributed by atoms with Crippen LogP contribution in [0.15, 0.2) is 16.3 Å². The minimum absolute atomic E-state index is 0.137. The van der Waals surface area contributed by atoms with Gasteiger partial charge in [-0.15, -0.1) is 11.3 Å². The average molecular weight is 194 g/mol. The molecule has 2 N–H and O–H groups in total. The second kappa shape index (κ2) is 2.90. The lowest BCUT2D eigenvalue weighted by atomic mass is 10.5. The number of rotatable bonds is 2. The van der Waals surface area contributed by atoms with E-state index >= 15 is 0 Å². The van der Waals surface area contributed by atoms with Gasteiger partial charge < -0.3 is 5.11 Å². The Bertz CT molecular complexity index is 337. The van der Waals surface area contributed by atoms with Crippen LogP contribution in [0.25, 0.3) is 0 Å². The predicted molar refractivity (Wildman–Crippen MR) is 40.1 cm³/mol. The molecule has 0 saturated carbocycles. The van der Waals surface area contributed by atoms with E-state index < -0.39 is 10.1 Å². The maximum atomic E-state index is 10.4. The van der Waals surface area contributed by atoms with Crippen molar-refractivity contribution in [3.05, 3.63) is 17.0 Å². The van der Waals surface area contributed by atoms with Crippen LogP contribution in [0.1, 0.15) is 4.88 Å². The highest BCUT2D eigenvalue weighted by Crippen LogP contribution is 2.20. The fraction of sp³-hybridized carbons (Fsp3) is 0.200. The lowest BCUT2D eigenvalue weighted by molar-refractivity contribution is 0.285. The molecule has 0 saturated heterocycles. The summed E-state index contributed by atoms with van der Waals surface area (Å²) in [4.78, 5) is 0.512. The van der Waals surface area contributed by atoms with Crippen molar-refractivity contribution in [3.63, 3.8) is 0 Å². The molecule has 0 bridgehead atoms. The van der Waals surface area contributed by atoms with Crippen LogP contribution in [0.4, 0.5) is 0 Å². The largest absolute Gasteiger partial charge is 0.391 e. The van der Waals surface area contributed by atoms with Crippen LogP contribution in [0, 0.1) is 0 Å². The summed E-state index contributed by atoms with van der Waals surface area (Å²) in [5.41, 5.74) is 0. The molecule has 0 fully saturated rings. The zero-order valence-corrected chi connectivity index (χ0v) is 7.02. The Balaban J connectivity index is 3.09. The molecule has 0 unspecified atom stereocenters. The molecular weight excluding hydrogens is 188 g/mol. The molecule has 0 atom stereocenters. The van der Waals surface area contributed by atoms with E-state index in [1.807, 2.05) is 0 Å². The highest BCUT2D eigenvalue weighted by Gasteiger charge is 2.11. The third-order valence-corrected chi connectivity index (χ3v) is 3.44. The van der Waals surface area contributed by atoms with Gasteiger partial charge in [0, 0.05) is 4.88 Å². The highest BCUT2D eigenvalue weighted by atomic mass is 32.3. The van der Waals surface area contributed by atoms with E-state index in [0.717, 1.165) is 11.3 Å². The molecule has 0 aromatic carbocycles. The van der Waals surface area contributed by atoms with Crippen molar-refractivity contribution >= 4 is 21.5 Å². The molecule has 0 amide bonds. The fourth-order valence-electron chi connectivity index (χ4n) is 0.582. The summed E-state index contributed by atoms with van der Waals surface area (Å²) in [7, 11) is -4.08. The molecule has 1 rings (SSSR count). The first kappa shape index (κ1) is 8.66. The van der Waals surface area contributed by atoms with Crippen molar-refractivity contribution in [1.82, 2.24) is 0 Å². The fourth-order valence-corrected chi connectivity index (χ4v) is 2.16. The normalized spacial score (nSPS) is 11.8. The highest BCUT2D eigenvalue weighted by molar-refractivity contribution is 7.88. The lowest BCUT2D eigenvalue weighted by Gasteiger charge is -1.87. The lowest BCUT2D eigenvalue weighted by Crippen LogP contribution is -1.93. The SMILES string of the molecule is O=S(=O)(O)c1ccc(CO)s1. The van der Waals surface area contributed by atoms with E-state index in [-0.39, 0.29) is 10.8 Å². The molecule has 1 aromatic heterocycles. The van der Waals surface area contributed by atoms with Gasteiger partial charge in [0.05, 0.1) is 6.61 Å². The van der Waals surface area contributed by atoms with Gasteiger partial charge in [0.15, 0.2) is 0 Å². The molecule has 6 heteroatoms. The zero-order chi connectivity index (χ0) is 8.48. The second-order valence-electron chi connectivity index (χ2n) is 1.85. The number of hydrogen-bond acceptors (Lipinski definition) is 4. The molecule has 0 spiro atoms. The smallest absolute Gasteiger partial charge is 0.304 e. The van der Waals surface area contributed by atoms with Crippen molar-refractivity contribution < 1.29 is 18.1 Å². The Morgan fingerprint density at radius 3 is 2.36 bits per heavy atom. The van der Waals surface area contributed by atoms with E-state index in [1.165, 1.54) is 12.1 Å². The van der Waals surface area contributed by atoms with Gasteiger partial charge in [0.1, 0.15) is 4.21 Å². The minimum atomic E-state index is -4.08. The van der Waals surface area contributed by atoms with Crippen LogP contribution >= 0.6 is 11.3 Å². The first-order valence-corrected chi connectivity index (χ1v) is 4.97. The Morgan fingerprint density at radius 2 is 2.09 bits per heavy atom. The summed E-state index contributed by atoms with van der Waals surface area (Å²) < 4.78 is 29.3. The number of aliphatic hydroxyl groups excluding tert-OH is 1. The van der Waals surface area contributed by atoms with Crippen LogP contribution < -0.4 is 0 Å². The minimum Gasteiger partial charge on any atom is -0.391 e.